The monoisotopic (exact) mass is 299 g/mol. The summed E-state index contributed by atoms with van der Waals surface area (Å²) in [6.07, 6.45) is 1.89. The third-order valence-corrected chi connectivity index (χ3v) is 4.24. The highest BCUT2D eigenvalue weighted by Gasteiger charge is 2.10. The number of aromatic nitrogens is 1. The molecule has 0 radical (unpaired) electrons. The molecule has 0 saturated carbocycles. The first-order valence-electron chi connectivity index (χ1n) is 4.99. The number of benzene rings is 1. The standard InChI is InChI=1S/C12H11BrFNS/c1-7(2)11-6-15-12(16-11)9-4-3-8(14)5-10(9)13/h3-7H,1-2H3. The SMILES string of the molecule is CC(C)c1cnc(-c2ccc(F)cc2Br)s1. The van der Waals surface area contributed by atoms with Crippen LogP contribution in [0.2, 0.25) is 0 Å². The molecule has 1 aromatic heterocycles. The van der Waals surface area contributed by atoms with Crippen molar-refractivity contribution in [1.29, 1.82) is 0 Å². The summed E-state index contributed by atoms with van der Waals surface area (Å²) < 4.78 is 13.7. The van der Waals surface area contributed by atoms with Crippen LogP contribution in [0.5, 0.6) is 0 Å². The summed E-state index contributed by atoms with van der Waals surface area (Å²) in [4.78, 5) is 5.61. The average Bonchev–Trinajstić information content (AvgIpc) is 2.66. The van der Waals surface area contributed by atoms with Gasteiger partial charge < -0.3 is 0 Å². The van der Waals surface area contributed by atoms with Crippen LogP contribution >= 0.6 is 27.3 Å². The number of halogens is 2. The van der Waals surface area contributed by atoms with Crippen LogP contribution in [-0.4, -0.2) is 4.98 Å². The molecule has 0 aliphatic rings. The van der Waals surface area contributed by atoms with Crippen LogP contribution in [0.3, 0.4) is 0 Å². The second-order valence-corrected chi connectivity index (χ2v) is 5.76. The first-order chi connectivity index (χ1) is 7.58. The van der Waals surface area contributed by atoms with Crippen molar-refractivity contribution in [2.45, 2.75) is 19.8 Å². The van der Waals surface area contributed by atoms with Gasteiger partial charge >= 0.3 is 0 Å². The molecule has 0 bridgehead atoms. The third-order valence-electron chi connectivity index (χ3n) is 2.25. The van der Waals surface area contributed by atoms with E-state index in [2.05, 4.69) is 34.8 Å². The lowest BCUT2D eigenvalue weighted by atomic mass is 10.2. The van der Waals surface area contributed by atoms with Crippen LogP contribution in [0.15, 0.2) is 28.9 Å². The summed E-state index contributed by atoms with van der Waals surface area (Å²) in [5.41, 5.74) is 0.943. The molecule has 1 aromatic carbocycles. The van der Waals surface area contributed by atoms with Crippen molar-refractivity contribution < 1.29 is 4.39 Å². The molecule has 0 unspecified atom stereocenters. The van der Waals surface area contributed by atoms with E-state index in [4.69, 9.17) is 0 Å². The van der Waals surface area contributed by atoms with Crippen LogP contribution in [0, 0.1) is 5.82 Å². The Labute approximate surface area is 106 Å². The zero-order chi connectivity index (χ0) is 11.7. The van der Waals surface area contributed by atoms with E-state index >= 15 is 0 Å². The topological polar surface area (TPSA) is 12.9 Å². The van der Waals surface area contributed by atoms with E-state index in [1.807, 2.05) is 6.20 Å². The fourth-order valence-corrected chi connectivity index (χ4v) is 2.97. The van der Waals surface area contributed by atoms with Crippen molar-refractivity contribution in [3.63, 3.8) is 0 Å². The Morgan fingerprint density at radius 1 is 1.38 bits per heavy atom. The minimum absolute atomic E-state index is 0.240. The summed E-state index contributed by atoms with van der Waals surface area (Å²) in [6.45, 7) is 4.27. The van der Waals surface area contributed by atoms with E-state index in [1.54, 1.807) is 17.4 Å². The molecular formula is C12H11BrFNS. The second kappa shape index (κ2) is 4.63. The van der Waals surface area contributed by atoms with E-state index in [0.717, 1.165) is 15.0 Å². The molecule has 0 fully saturated rings. The average molecular weight is 300 g/mol. The fourth-order valence-electron chi connectivity index (χ4n) is 1.34. The molecule has 2 rings (SSSR count). The lowest BCUT2D eigenvalue weighted by Gasteiger charge is -2.00. The molecule has 4 heteroatoms. The van der Waals surface area contributed by atoms with Gasteiger partial charge in [0.25, 0.3) is 0 Å². The van der Waals surface area contributed by atoms with Gasteiger partial charge in [-0.2, -0.15) is 0 Å². The summed E-state index contributed by atoms with van der Waals surface area (Å²) in [7, 11) is 0. The minimum Gasteiger partial charge on any atom is -0.244 e. The molecule has 1 heterocycles. The molecule has 0 aliphatic carbocycles. The highest BCUT2D eigenvalue weighted by molar-refractivity contribution is 9.10. The van der Waals surface area contributed by atoms with E-state index in [0.29, 0.717) is 5.92 Å². The molecule has 0 spiro atoms. The largest absolute Gasteiger partial charge is 0.244 e. The maximum Gasteiger partial charge on any atom is 0.124 e. The number of nitrogens with zero attached hydrogens (tertiary/aromatic N) is 1. The zero-order valence-corrected chi connectivity index (χ0v) is 11.4. The Balaban J connectivity index is 2.42. The second-order valence-electron chi connectivity index (χ2n) is 3.85. The van der Waals surface area contributed by atoms with Gasteiger partial charge in [0.2, 0.25) is 0 Å². The molecule has 16 heavy (non-hydrogen) atoms. The van der Waals surface area contributed by atoms with Crippen molar-refractivity contribution in [3.05, 3.63) is 39.6 Å². The Kier molecular flexibility index (Phi) is 3.40. The summed E-state index contributed by atoms with van der Waals surface area (Å²) >= 11 is 5.01. The predicted octanol–water partition coefficient (Wildman–Crippen LogP) is 4.84. The van der Waals surface area contributed by atoms with Crippen LogP contribution in [0.4, 0.5) is 4.39 Å². The Hall–Kier alpha value is -0.740. The Morgan fingerprint density at radius 3 is 2.69 bits per heavy atom. The van der Waals surface area contributed by atoms with Crippen molar-refractivity contribution in [2.75, 3.05) is 0 Å². The van der Waals surface area contributed by atoms with Crippen LogP contribution < -0.4 is 0 Å². The van der Waals surface area contributed by atoms with Gasteiger partial charge in [-0.1, -0.05) is 13.8 Å². The van der Waals surface area contributed by atoms with Gasteiger partial charge in [0, 0.05) is 21.1 Å². The van der Waals surface area contributed by atoms with Gasteiger partial charge in [0.15, 0.2) is 0 Å². The quantitative estimate of drug-likeness (QED) is 0.773. The maximum atomic E-state index is 12.9. The van der Waals surface area contributed by atoms with Gasteiger partial charge in [0.1, 0.15) is 10.8 Å². The van der Waals surface area contributed by atoms with Crippen molar-refractivity contribution >= 4 is 27.3 Å². The van der Waals surface area contributed by atoms with Gasteiger partial charge in [-0.15, -0.1) is 11.3 Å². The molecule has 0 saturated heterocycles. The first-order valence-corrected chi connectivity index (χ1v) is 6.60. The first kappa shape index (κ1) is 11.7. The van der Waals surface area contributed by atoms with Crippen molar-refractivity contribution in [2.24, 2.45) is 0 Å². The van der Waals surface area contributed by atoms with Crippen molar-refractivity contribution in [1.82, 2.24) is 4.98 Å². The number of thiazole rings is 1. The lowest BCUT2D eigenvalue weighted by Crippen LogP contribution is -1.80. The number of hydrogen-bond acceptors (Lipinski definition) is 2. The molecule has 0 amide bonds. The van der Waals surface area contributed by atoms with Gasteiger partial charge in [0.05, 0.1) is 0 Å². The summed E-state index contributed by atoms with van der Waals surface area (Å²) in [5.74, 6) is 0.238. The molecule has 1 nitrogen and oxygen atoms in total. The molecule has 0 N–H and O–H groups in total. The van der Waals surface area contributed by atoms with Gasteiger partial charge in [-0.3, -0.25) is 0 Å². The summed E-state index contributed by atoms with van der Waals surface area (Å²) in [6, 6.07) is 4.67. The van der Waals surface area contributed by atoms with E-state index < -0.39 is 0 Å². The molecule has 0 atom stereocenters. The Morgan fingerprint density at radius 2 is 2.12 bits per heavy atom. The van der Waals surface area contributed by atoms with E-state index in [-0.39, 0.29) is 5.82 Å². The molecule has 0 aliphatic heterocycles. The Bertz CT molecular complexity index is 507. The minimum atomic E-state index is -0.240. The summed E-state index contributed by atoms with van der Waals surface area (Å²) in [5, 5.41) is 0.926. The van der Waals surface area contributed by atoms with Crippen LogP contribution in [-0.2, 0) is 0 Å². The molecule has 2 aromatic rings. The lowest BCUT2D eigenvalue weighted by molar-refractivity contribution is 0.627. The van der Waals surface area contributed by atoms with Crippen molar-refractivity contribution in [3.8, 4) is 10.6 Å². The third kappa shape index (κ3) is 2.33. The highest BCUT2D eigenvalue weighted by Crippen LogP contribution is 2.33. The molecular weight excluding hydrogens is 289 g/mol. The maximum absolute atomic E-state index is 12.9. The number of rotatable bonds is 2. The molecule has 84 valence electrons. The zero-order valence-electron chi connectivity index (χ0n) is 9.00. The van der Waals surface area contributed by atoms with E-state index in [1.165, 1.54) is 17.0 Å². The highest BCUT2D eigenvalue weighted by atomic mass is 79.9. The van der Waals surface area contributed by atoms with Gasteiger partial charge in [-0.05, 0) is 40.0 Å². The normalized spacial score (nSPS) is 11.1. The smallest absolute Gasteiger partial charge is 0.124 e. The fraction of sp³-hybridized carbons (Fsp3) is 0.250. The van der Waals surface area contributed by atoms with Gasteiger partial charge in [-0.25, -0.2) is 9.37 Å². The van der Waals surface area contributed by atoms with Crippen LogP contribution in [0.1, 0.15) is 24.6 Å². The predicted molar refractivity (Wildman–Crippen MR) is 69.3 cm³/mol. The van der Waals surface area contributed by atoms with E-state index in [9.17, 15) is 4.39 Å². The van der Waals surface area contributed by atoms with Crippen LogP contribution in [0.25, 0.3) is 10.6 Å². The number of hydrogen-bond donors (Lipinski definition) is 0.